The number of likely N-dealkylation sites (N-methyl/N-ethyl adjacent to an activating group) is 7. The van der Waals surface area contributed by atoms with Gasteiger partial charge in [-0.2, -0.15) is 0 Å². The summed E-state index contributed by atoms with van der Waals surface area (Å²) in [6, 6.07) is 26.3. The fourth-order valence-electron chi connectivity index (χ4n) is 19.0. The number of ketones is 4. The van der Waals surface area contributed by atoms with Crippen LogP contribution < -0.4 is 19.6 Å². The smallest absolute Gasteiger partial charge is 0.158 e. The molecule has 12 aliphatic rings. The maximum absolute atomic E-state index is 10.6. The highest BCUT2D eigenvalue weighted by atomic mass is 16.5. The molecule has 4 aromatic rings. The fourth-order valence-corrected chi connectivity index (χ4v) is 19.0. The highest BCUT2D eigenvalue weighted by molar-refractivity contribution is 5.80. The molecule has 11 saturated heterocycles. The molecule has 148 heavy (non-hydrogen) atoms. The molecule has 1 aliphatic carbocycles. The Morgan fingerprint density at radius 1 is 0.331 bits per heavy atom. The Labute approximate surface area is 910 Å². The average molecular weight is 2070 g/mol. The number of hydrogen-bond acceptors (Lipinski definition) is 25. The van der Waals surface area contributed by atoms with Crippen molar-refractivity contribution in [1.29, 1.82) is 0 Å². The molecule has 0 bridgehead atoms. The number of aryl methyl sites for hydroxylation is 4. The molecule has 2 aromatic carbocycles. The van der Waals surface area contributed by atoms with Crippen LogP contribution in [0.5, 0.6) is 0 Å². The molecule has 0 radical (unpaired) electrons. The molecular weight excluding hydrogens is 1840 g/mol. The third kappa shape index (κ3) is 66.0. The van der Waals surface area contributed by atoms with Crippen LogP contribution in [-0.4, -0.2) is 437 Å². The molecule has 12 fully saturated rings. The number of benzene rings is 2. The molecule has 11 aliphatic heterocycles. The standard InChI is InChI=1S/C14H22N2.C12H25N3.C12H18N2.2C11H17N3.C9H18N2.C8H17N.C7H15N.C7H14O.C6H14N2.C6H12O.C6H12.2C5H10O2.C4H6/c1-3-13-5-7-14(8-6-13)16-11-9-15(4-2)10-12-16;1-13-5-3-12(4-6-13)11-15-9-7-14(2)8-10-15;1-11-3-5-12(6-4-11)14-9-7-13(2)8-10-14;1-10-3-4-11(9-12-10)14-7-5-13(2)6-8-14;1-10-3-4-11(12-9-10)14-7-5-13(2)6-8-14;1-10-5-3-9(4-6-10)7-11(2)8-9;1-3-9-6-4-8(2)5-7-9;1-7-3-5-8(2)6-4-7;1-3-5-7(8)6-4-2;1-7-3-5-8(2)6-4-7;1-3-5-6(7)4-2;1-5-3-6(2)4-5;2*1-3-5(6)4-7-2;1-3-4-2/h5-8H,3-4,9-12H2,1-2H3;12H,3-11H2,1-2H3;3-6H,7-10H2,1-2H3;2*3-4,9H,5-8H2,1-2H3;3-8H2,1-2H3;8H,3-7H2,1-2H3;7H,3-6H2,1-2H3;2*3-6H2,1-2H3;3-5H2,1-2H3;5-6H,3-4H2,1-2H3;2*3-4H2,1-2H3;1-2H3. The van der Waals surface area contributed by atoms with Gasteiger partial charge in [0.1, 0.15) is 30.6 Å². The van der Waals surface area contributed by atoms with Crippen molar-refractivity contribution in [2.75, 3.05) is 360 Å². The predicted octanol–water partition coefficient (Wildman–Crippen LogP) is 18.8. The van der Waals surface area contributed by atoms with Gasteiger partial charge in [-0.1, -0.05) is 126 Å². The number of carbonyl (C=O) groups is 4. The number of rotatable bonds is 22. The quantitative estimate of drug-likeness (QED) is 0.0681. The summed E-state index contributed by atoms with van der Waals surface area (Å²) in [5.74, 6) is 12.6. The van der Waals surface area contributed by atoms with E-state index in [1.165, 1.54) is 289 Å². The van der Waals surface area contributed by atoms with E-state index in [0.717, 1.165) is 157 Å². The number of Topliss-reactive ketones (excluding diaryl/α,β-unsaturated/α-hetero) is 4. The molecule has 0 amide bonds. The maximum Gasteiger partial charge on any atom is 0.158 e. The Kier molecular flexibility index (Phi) is 78.1. The summed E-state index contributed by atoms with van der Waals surface area (Å²) >= 11 is 0. The van der Waals surface area contributed by atoms with Crippen molar-refractivity contribution in [3.8, 4) is 11.8 Å². The first-order chi connectivity index (χ1) is 70.9. The second kappa shape index (κ2) is 84.0. The molecule has 13 heterocycles. The Bertz CT molecular complexity index is 3620. The lowest BCUT2D eigenvalue weighted by atomic mass is 9.72. The fraction of sp³-hybridized carbons (Fsp3) is 0.772. The highest BCUT2D eigenvalue weighted by Gasteiger charge is 2.42. The molecule has 1 saturated carbocycles. The van der Waals surface area contributed by atoms with Crippen LogP contribution in [0.1, 0.15) is 248 Å². The lowest BCUT2D eigenvalue weighted by Gasteiger charge is -2.52. The Morgan fingerprint density at radius 2 is 0.662 bits per heavy atom. The number of ether oxygens (including phenoxy) is 2. The predicted molar refractivity (Wildman–Crippen MR) is 637 cm³/mol. The number of pyridine rings is 2. The third-order valence-corrected chi connectivity index (χ3v) is 30.4. The summed E-state index contributed by atoms with van der Waals surface area (Å²) in [5, 5.41) is 0. The van der Waals surface area contributed by atoms with E-state index in [-0.39, 0.29) is 24.8 Å². The van der Waals surface area contributed by atoms with E-state index in [0.29, 0.717) is 30.8 Å². The summed E-state index contributed by atoms with van der Waals surface area (Å²) in [6.07, 6.45) is 26.4. The van der Waals surface area contributed by atoms with Crippen molar-refractivity contribution >= 4 is 46.0 Å². The number of anilines is 4. The van der Waals surface area contributed by atoms with Gasteiger partial charge in [0.2, 0.25) is 0 Å². The van der Waals surface area contributed by atoms with E-state index in [2.05, 4.69) is 320 Å². The molecule has 0 unspecified atom stereocenters. The van der Waals surface area contributed by atoms with Crippen LogP contribution in [0.15, 0.2) is 85.2 Å². The van der Waals surface area contributed by atoms with Crippen molar-refractivity contribution in [2.45, 2.75) is 253 Å². The second-order valence-electron chi connectivity index (χ2n) is 44.5. The maximum atomic E-state index is 10.6. The summed E-state index contributed by atoms with van der Waals surface area (Å²) in [4.78, 5) is 91.8. The first kappa shape index (κ1) is 138. The molecule has 2 aromatic heterocycles. The molecule has 0 atom stereocenters. The minimum absolute atomic E-state index is 0.155. The zero-order valence-electron chi connectivity index (χ0n) is 101. The van der Waals surface area contributed by atoms with E-state index >= 15 is 0 Å². The lowest BCUT2D eigenvalue weighted by molar-refractivity contribution is -0.123. The Hall–Kier alpha value is -6.42. The molecule has 0 N–H and O–H groups in total. The van der Waals surface area contributed by atoms with Crippen LogP contribution in [0, 0.1) is 67.6 Å². The lowest BCUT2D eigenvalue weighted by Crippen LogP contribution is -2.58. The number of hydrogen-bond donors (Lipinski definition) is 0. The normalized spacial score (nSPS) is 20.5. The van der Waals surface area contributed by atoms with Gasteiger partial charge in [-0.05, 0) is 349 Å². The summed E-state index contributed by atoms with van der Waals surface area (Å²) in [5.41, 5.74) is 9.81. The monoisotopic (exact) mass is 2070 g/mol. The van der Waals surface area contributed by atoms with Crippen LogP contribution >= 0.6 is 0 Å². The molecule has 850 valence electrons. The first-order valence-electron chi connectivity index (χ1n) is 58.3. The van der Waals surface area contributed by atoms with Gasteiger partial charge in [0.25, 0.3) is 0 Å². The minimum Gasteiger partial charge on any atom is -0.377 e. The van der Waals surface area contributed by atoms with Gasteiger partial charge in [0.05, 0.1) is 11.9 Å². The van der Waals surface area contributed by atoms with Crippen LogP contribution in [0.2, 0.25) is 0 Å². The van der Waals surface area contributed by atoms with Gasteiger partial charge in [-0.15, -0.1) is 11.8 Å². The zero-order chi connectivity index (χ0) is 110. The van der Waals surface area contributed by atoms with E-state index in [9.17, 15) is 19.2 Å². The van der Waals surface area contributed by atoms with Crippen LogP contribution in [0.3, 0.4) is 0 Å². The van der Waals surface area contributed by atoms with Gasteiger partial charge < -0.3 is 92.8 Å². The molecule has 25 heteroatoms. The van der Waals surface area contributed by atoms with Gasteiger partial charge in [0, 0.05) is 253 Å². The number of likely N-dealkylation sites (tertiary alicyclic amines) is 5. The number of piperazine rings is 6. The van der Waals surface area contributed by atoms with E-state index in [4.69, 9.17) is 0 Å². The molecule has 16 rings (SSSR count). The van der Waals surface area contributed by atoms with Crippen LogP contribution in [0.4, 0.5) is 22.9 Å². The third-order valence-electron chi connectivity index (χ3n) is 30.4. The van der Waals surface area contributed by atoms with Gasteiger partial charge in [-0.3, -0.25) is 24.2 Å². The number of piperidine rings is 4. The van der Waals surface area contributed by atoms with Crippen molar-refractivity contribution in [2.24, 2.45) is 35.0 Å². The van der Waals surface area contributed by atoms with Crippen LogP contribution in [0.25, 0.3) is 0 Å². The van der Waals surface area contributed by atoms with Crippen molar-refractivity contribution in [3.63, 3.8) is 0 Å². The van der Waals surface area contributed by atoms with E-state index in [1.54, 1.807) is 0 Å². The number of nitrogens with zero attached hydrogens (tertiary/aromatic N) is 19. The summed E-state index contributed by atoms with van der Waals surface area (Å²) < 4.78 is 9.09. The zero-order valence-corrected chi connectivity index (χ0v) is 101. The van der Waals surface area contributed by atoms with Gasteiger partial charge >= 0.3 is 0 Å². The second-order valence-corrected chi connectivity index (χ2v) is 44.5. The minimum atomic E-state index is 0.155. The summed E-state index contributed by atoms with van der Waals surface area (Å²) in [7, 11) is 25.0. The number of carbonyl (C=O) groups excluding carboxylic acids is 4. The molecular formula is C123H227N19O6. The van der Waals surface area contributed by atoms with Crippen molar-refractivity contribution < 1.29 is 28.7 Å². The van der Waals surface area contributed by atoms with Gasteiger partial charge in [-0.25, -0.2) is 4.98 Å². The van der Waals surface area contributed by atoms with Crippen molar-refractivity contribution in [3.05, 3.63) is 108 Å². The molecule has 25 nitrogen and oxygen atoms in total. The Morgan fingerprint density at radius 3 is 0.986 bits per heavy atom. The van der Waals surface area contributed by atoms with E-state index < -0.39 is 0 Å². The average Bonchev–Trinajstić information content (AvgIpc) is 0.781. The first-order valence-corrected chi connectivity index (χ1v) is 58.3. The molecule has 1 spiro atoms. The van der Waals surface area contributed by atoms with Crippen molar-refractivity contribution in [1.82, 2.24) is 73.7 Å². The van der Waals surface area contributed by atoms with E-state index in [1.807, 2.05) is 74.7 Å². The van der Waals surface area contributed by atoms with Gasteiger partial charge in [0.15, 0.2) is 11.6 Å². The highest BCUT2D eigenvalue weighted by Crippen LogP contribution is 2.39. The van der Waals surface area contributed by atoms with Crippen LogP contribution in [-0.2, 0) is 35.1 Å². The topological polar surface area (TPSA) is 168 Å². The SMILES string of the molecule is CC#CC.CC1CC(C)C1.CC1CCN(C)CC1.CCC(=O)COC.CCC(=O)COC.CCCC(=O)CC.CCCC(=O)CCC.CCN1CCC(C)CC1.CCc1ccc(N2CCN(CC)CC2)cc1.CN1CCC(CN2CCN(C)CC2)CC1.CN1CCC2(CC1)CN(C)C2.CN1CCN(C)CC1.Cc1ccc(N2CCN(C)CC2)cc1.Cc1ccc(N2CCN(C)CC2)cn1.Cc1ccc(N2CCN(C)CC2)nc1. The summed E-state index contributed by atoms with van der Waals surface area (Å²) in [6.45, 7) is 83.4. The number of aromatic nitrogens is 2. The number of methoxy groups -OCH3 is 2. The largest absolute Gasteiger partial charge is 0.377 e. The Balaban J connectivity index is 0.000000542.